The van der Waals surface area contributed by atoms with Crippen molar-refractivity contribution >= 4 is 0 Å². The van der Waals surface area contributed by atoms with E-state index in [9.17, 15) is 13.2 Å². The molecule has 1 aromatic rings. The maximum atomic E-state index is 12.4. The van der Waals surface area contributed by atoms with Crippen LogP contribution in [0.25, 0.3) is 0 Å². The minimum Gasteiger partial charge on any atom is -0.349 e. The molecule has 0 unspecified atom stereocenters. The van der Waals surface area contributed by atoms with Crippen LogP contribution in [0.4, 0.5) is 13.2 Å². The van der Waals surface area contributed by atoms with E-state index in [2.05, 4.69) is 5.32 Å². The Hall–Kier alpha value is -1.07. The van der Waals surface area contributed by atoms with Crippen LogP contribution in [0, 0.1) is 5.92 Å². The Balaban J connectivity index is 1.90. The summed E-state index contributed by atoms with van der Waals surface area (Å²) in [5.41, 5.74) is 1.11. The van der Waals surface area contributed by atoms with Crippen molar-refractivity contribution in [1.82, 2.24) is 5.32 Å². The fourth-order valence-corrected chi connectivity index (χ4v) is 2.14. The molecule has 0 bridgehead atoms. The molecule has 1 aromatic carbocycles. The van der Waals surface area contributed by atoms with Crippen molar-refractivity contribution in [3.05, 3.63) is 35.9 Å². The van der Waals surface area contributed by atoms with Gasteiger partial charge in [-0.25, -0.2) is 0 Å². The van der Waals surface area contributed by atoms with Gasteiger partial charge in [-0.2, -0.15) is 13.2 Å². The molecule has 1 N–H and O–H groups in total. The van der Waals surface area contributed by atoms with Crippen molar-refractivity contribution in [1.29, 1.82) is 0 Å². The van der Waals surface area contributed by atoms with E-state index in [0.29, 0.717) is 0 Å². The average Bonchev–Trinajstić information content (AvgIpc) is 2.79. The molecule has 2 rings (SSSR count). The molecule has 0 radical (unpaired) electrons. The highest BCUT2D eigenvalue weighted by atomic mass is 19.4. The number of hydrogen-bond acceptors (Lipinski definition) is 2. The van der Waals surface area contributed by atoms with Crippen LogP contribution in [0.15, 0.2) is 30.3 Å². The van der Waals surface area contributed by atoms with Crippen LogP contribution >= 0.6 is 0 Å². The summed E-state index contributed by atoms with van der Waals surface area (Å²) in [4.78, 5) is 0. The molecular weight excluding hydrogens is 243 g/mol. The van der Waals surface area contributed by atoms with Crippen molar-refractivity contribution in [2.75, 3.05) is 6.54 Å². The molecule has 2 nitrogen and oxygen atoms in total. The molecule has 0 amide bonds. The van der Waals surface area contributed by atoms with Gasteiger partial charge >= 0.3 is 6.18 Å². The van der Waals surface area contributed by atoms with Gasteiger partial charge in [0.2, 0.25) is 6.23 Å². The molecule has 5 heteroatoms. The SMILES string of the molecule is C[C@@H](Cc1ccccc1)[C@@H]1CN[C@H](C(F)(F)F)O1. The number of rotatable bonds is 3. The van der Waals surface area contributed by atoms with E-state index in [1.807, 2.05) is 37.3 Å². The zero-order chi connectivity index (χ0) is 13.2. The minimum absolute atomic E-state index is 0.0484. The standard InChI is InChI=1S/C13H16F3NO/c1-9(7-10-5-3-2-4-6-10)11-8-17-12(18-11)13(14,15)16/h2-6,9,11-12,17H,7-8H2,1H3/t9-,11-,12-/m0/s1. The summed E-state index contributed by atoms with van der Waals surface area (Å²) in [6, 6.07) is 9.71. The molecule has 1 saturated heterocycles. The van der Waals surface area contributed by atoms with E-state index in [-0.39, 0.29) is 12.5 Å². The van der Waals surface area contributed by atoms with Gasteiger partial charge in [-0.1, -0.05) is 37.3 Å². The van der Waals surface area contributed by atoms with Crippen LogP contribution in [0.3, 0.4) is 0 Å². The van der Waals surface area contributed by atoms with E-state index in [1.165, 1.54) is 0 Å². The first-order valence-corrected chi connectivity index (χ1v) is 5.96. The number of nitrogens with one attached hydrogen (secondary N) is 1. The van der Waals surface area contributed by atoms with Gasteiger partial charge in [0.25, 0.3) is 0 Å². The lowest BCUT2D eigenvalue weighted by Crippen LogP contribution is -2.38. The topological polar surface area (TPSA) is 21.3 Å². The van der Waals surface area contributed by atoms with Crippen molar-refractivity contribution < 1.29 is 17.9 Å². The lowest BCUT2D eigenvalue weighted by molar-refractivity contribution is -0.223. The summed E-state index contributed by atoms with van der Waals surface area (Å²) in [6.07, 6.45) is -5.82. The summed E-state index contributed by atoms with van der Waals surface area (Å²) >= 11 is 0. The number of ether oxygens (including phenoxy) is 1. The normalized spacial score (nSPS) is 26.2. The Bertz CT molecular complexity index is 380. The van der Waals surface area contributed by atoms with Crippen LogP contribution in [-0.2, 0) is 11.2 Å². The molecule has 1 aliphatic heterocycles. The van der Waals surface area contributed by atoms with E-state index in [4.69, 9.17) is 4.74 Å². The minimum atomic E-state index is -4.33. The van der Waals surface area contributed by atoms with Crippen molar-refractivity contribution in [2.45, 2.75) is 31.9 Å². The molecule has 3 atom stereocenters. The average molecular weight is 259 g/mol. The maximum Gasteiger partial charge on any atom is 0.428 e. The Morgan fingerprint density at radius 2 is 2.00 bits per heavy atom. The molecule has 0 saturated carbocycles. The van der Waals surface area contributed by atoms with E-state index >= 15 is 0 Å². The summed E-state index contributed by atoms with van der Waals surface area (Å²) in [7, 11) is 0. The number of hydrogen-bond donors (Lipinski definition) is 1. The number of benzene rings is 1. The zero-order valence-corrected chi connectivity index (χ0v) is 10.1. The Morgan fingerprint density at radius 3 is 2.56 bits per heavy atom. The van der Waals surface area contributed by atoms with Gasteiger partial charge in [-0.05, 0) is 17.9 Å². The molecule has 1 heterocycles. The fourth-order valence-electron chi connectivity index (χ4n) is 2.14. The Morgan fingerprint density at radius 1 is 1.33 bits per heavy atom. The van der Waals surface area contributed by atoms with Crippen LogP contribution < -0.4 is 5.32 Å². The van der Waals surface area contributed by atoms with Gasteiger partial charge in [0.05, 0.1) is 6.10 Å². The zero-order valence-electron chi connectivity index (χ0n) is 10.1. The predicted molar refractivity (Wildman–Crippen MR) is 62.0 cm³/mol. The lowest BCUT2D eigenvalue weighted by Gasteiger charge is -2.20. The highest BCUT2D eigenvalue weighted by Crippen LogP contribution is 2.28. The lowest BCUT2D eigenvalue weighted by atomic mass is 9.96. The number of alkyl halides is 3. The second kappa shape index (κ2) is 5.28. The first-order valence-electron chi connectivity index (χ1n) is 5.96. The highest BCUT2D eigenvalue weighted by molar-refractivity contribution is 5.15. The van der Waals surface area contributed by atoms with Crippen LogP contribution in [0.5, 0.6) is 0 Å². The second-order valence-corrected chi connectivity index (χ2v) is 4.67. The molecular formula is C13H16F3NO. The van der Waals surface area contributed by atoms with Gasteiger partial charge in [-0.3, -0.25) is 5.32 Å². The van der Waals surface area contributed by atoms with Gasteiger partial charge in [0, 0.05) is 6.54 Å². The van der Waals surface area contributed by atoms with Gasteiger partial charge in [-0.15, -0.1) is 0 Å². The van der Waals surface area contributed by atoms with Crippen LogP contribution in [-0.4, -0.2) is 25.1 Å². The van der Waals surface area contributed by atoms with Crippen molar-refractivity contribution in [2.24, 2.45) is 5.92 Å². The quantitative estimate of drug-likeness (QED) is 0.901. The first kappa shape index (κ1) is 13.4. The Labute approximate surface area is 104 Å². The van der Waals surface area contributed by atoms with E-state index < -0.39 is 18.5 Å². The highest BCUT2D eigenvalue weighted by Gasteiger charge is 2.46. The van der Waals surface area contributed by atoms with E-state index in [1.54, 1.807) is 0 Å². The van der Waals surface area contributed by atoms with Gasteiger partial charge in [0.1, 0.15) is 0 Å². The Kier molecular flexibility index (Phi) is 3.92. The summed E-state index contributed by atoms with van der Waals surface area (Å²) in [5, 5.41) is 2.37. The molecule has 0 spiro atoms. The third-order valence-corrected chi connectivity index (χ3v) is 3.15. The van der Waals surface area contributed by atoms with E-state index in [0.717, 1.165) is 12.0 Å². The van der Waals surface area contributed by atoms with Crippen LogP contribution in [0.1, 0.15) is 12.5 Å². The molecule has 1 aliphatic rings. The second-order valence-electron chi connectivity index (χ2n) is 4.67. The van der Waals surface area contributed by atoms with Gasteiger partial charge in [0.15, 0.2) is 0 Å². The molecule has 0 aromatic heterocycles. The van der Waals surface area contributed by atoms with Gasteiger partial charge < -0.3 is 4.74 Å². The molecule has 100 valence electrons. The largest absolute Gasteiger partial charge is 0.428 e. The number of halogens is 3. The smallest absolute Gasteiger partial charge is 0.349 e. The first-order chi connectivity index (χ1) is 8.47. The molecule has 1 fully saturated rings. The third-order valence-electron chi connectivity index (χ3n) is 3.15. The fraction of sp³-hybridized carbons (Fsp3) is 0.538. The summed E-state index contributed by atoms with van der Waals surface area (Å²) < 4.78 is 42.3. The molecule has 0 aliphatic carbocycles. The predicted octanol–water partition coefficient (Wildman–Crippen LogP) is 2.74. The monoisotopic (exact) mass is 259 g/mol. The van der Waals surface area contributed by atoms with Crippen LogP contribution in [0.2, 0.25) is 0 Å². The summed E-state index contributed by atoms with van der Waals surface area (Å²) in [5.74, 6) is 0.0484. The van der Waals surface area contributed by atoms with Crippen molar-refractivity contribution in [3.8, 4) is 0 Å². The third kappa shape index (κ3) is 3.23. The maximum absolute atomic E-state index is 12.4. The summed E-state index contributed by atoms with van der Waals surface area (Å²) in [6.45, 7) is 2.16. The van der Waals surface area contributed by atoms with Crippen molar-refractivity contribution in [3.63, 3.8) is 0 Å². The molecule has 18 heavy (non-hydrogen) atoms.